The van der Waals surface area contributed by atoms with E-state index < -0.39 is 0 Å². The number of ether oxygens (including phenoxy) is 1. The molecule has 0 bridgehead atoms. The highest BCUT2D eigenvalue weighted by Gasteiger charge is 2.43. The minimum absolute atomic E-state index is 0.0167. The fourth-order valence-corrected chi connectivity index (χ4v) is 2.84. The Bertz CT molecular complexity index is 345. The van der Waals surface area contributed by atoms with Gasteiger partial charge in [0.25, 0.3) is 0 Å². The molecular formula is C14H23NO3. The maximum Gasteiger partial charge on any atom is 0.410 e. The fraction of sp³-hybridized carbons (Fsp3) is 0.857. The normalized spacial score (nSPS) is 28.2. The maximum atomic E-state index is 12.0. The average Bonchev–Trinajstić information content (AvgIpc) is 2.70. The zero-order chi connectivity index (χ0) is 13.3. The summed E-state index contributed by atoms with van der Waals surface area (Å²) in [6.45, 7) is 7.21. The zero-order valence-corrected chi connectivity index (χ0v) is 11.6. The predicted octanol–water partition coefficient (Wildman–Crippen LogP) is 2.61. The van der Waals surface area contributed by atoms with E-state index >= 15 is 0 Å². The Kier molecular flexibility index (Phi) is 3.64. The van der Waals surface area contributed by atoms with E-state index in [-0.39, 0.29) is 23.5 Å². The highest BCUT2D eigenvalue weighted by atomic mass is 16.6. The van der Waals surface area contributed by atoms with Crippen LogP contribution in [0.25, 0.3) is 0 Å². The van der Waals surface area contributed by atoms with Crippen molar-refractivity contribution in [2.75, 3.05) is 13.2 Å². The van der Waals surface area contributed by atoms with E-state index in [0.717, 1.165) is 19.3 Å². The lowest BCUT2D eigenvalue weighted by molar-refractivity contribution is -0.125. The maximum absolute atomic E-state index is 12.0. The number of hydrogen-bond acceptors (Lipinski definition) is 3. The zero-order valence-electron chi connectivity index (χ0n) is 11.6. The van der Waals surface area contributed by atoms with Crippen molar-refractivity contribution in [2.24, 2.45) is 11.3 Å². The molecule has 0 aromatic heterocycles. The van der Waals surface area contributed by atoms with Gasteiger partial charge < -0.3 is 9.64 Å². The first-order valence-corrected chi connectivity index (χ1v) is 6.84. The molecule has 4 nitrogen and oxygen atoms in total. The summed E-state index contributed by atoms with van der Waals surface area (Å²) in [5, 5.41) is 0. The van der Waals surface area contributed by atoms with Crippen LogP contribution >= 0.6 is 0 Å². The van der Waals surface area contributed by atoms with E-state index in [1.165, 1.54) is 0 Å². The Labute approximate surface area is 109 Å². The van der Waals surface area contributed by atoms with Gasteiger partial charge in [0.15, 0.2) is 0 Å². The van der Waals surface area contributed by atoms with Crippen molar-refractivity contribution in [3.05, 3.63) is 0 Å². The lowest BCUT2D eigenvalue weighted by Crippen LogP contribution is -2.42. The summed E-state index contributed by atoms with van der Waals surface area (Å²) in [6, 6.07) is 0.0960. The third-order valence-electron chi connectivity index (χ3n) is 3.75. The standard InChI is InChI=1S/C14H23NO3/c1-14(2,3)9-18-13(17)15-8-7-10-11(15)5-4-6-12(10)16/h10-11H,4-9H2,1-3H3. The summed E-state index contributed by atoms with van der Waals surface area (Å²) >= 11 is 0. The monoisotopic (exact) mass is 253 g/mol. The van der Waals surface area contributed by atoms with Crippen molar-refractivity contribution >= 4 is 11.9 Å². The number of ketones is 1. The van der Waals surface area contributed by atoms with Crippen LogP contribution in [0, 0.1) is 11.3 Å². The molecule has 1 saturated carbocycles. The van der Waals surface area contributed by atoms with E-state index in [4.69, 9.17) is 4.74 Å². The van der Waals surface area contributed by atoms with Gasteiger partial charge in [-0.25, -0.2) is 4.79 Å². The molecule has 2 aliphatic rings. The van der Waals surface area contributed by atoms with Crippen molar-refractivity contribution in [3.63, 3.8) is 0 Å². The van der Waals surface area contributed by atoms with Gasteiger partial charge >= 0.3 is 6.09 Å². The topological polar surface area (TPSA) is 46.6 Å². The van der Waals surface area contributed by atoms with Crippen molar-refractivity contribution < 1.29 is 14.3 Å². The second-order valence-electron chi connectivity index (χ2n) is 6.63. The molecule has 1 amide bonds. The minimum atomic E-state index is -0.243. The van der Waals surface area contributed by atoms with Gasteiger partial charge in [0.1, 0.15) is 5.78 Å². The SMILES string of the molecule is CC(C)(C)COC(=O)N1CCC2C(=O)CCCC21. The van der Waals surface area contributed by atoms with Gasteiger partial charge in [0.05, 0.1) is 6.61 Å². The Morgan fingerprint density at radius 2 is 2.11 bits per heavy atom. The molecule has 0 spiro atoms. The molecule has 1 saturated heterocycles. The third-order valence-corrected chi connectivity index (χ3v) is 3.75. The number of carbonyl (C=O) groups is 2. The molecule has 0 radical (unpaired) electrons. The summed E-state index contributed by atoms with van der Waals surface area (Å²) in [7, 11) is 0. The quantitative estimate of drug-likeness (QED) is 0.721. The highest BCUT2D eigenvalue weighted by molar-refractivity contribution is 5.84. The molecule has 4 heteroatoms. The summed E-state index contributed by atoms with van der Waals surface area (Å²) in [5.41, 5.74) is -0.0167. The summed E-state index contributed by atoms with van der Waals surface area (Å²) in [5.74, 6) is 0.401. The van der Waals surface area contributed by atoms with Crippen LogP contribution < -0.4 is 0 Å². The van der Waals surface area contributed by atoms with Gasteiger partial charge in [0.2, 0.25) is 0 Å². The number of carbonyl (C=O) groups excluding carboxylic acids is 2. The van der Waals surface area contributed by atoms with Crippen molar-refractivity contribution in [1.29, 1.82) is 0 Å². The molecule has 0 N–H and O–H groups in total. The largest absolute Gasteiger partial charge is 0.449 e. The van der Waals surface area contributed by atoms with Crippen LogP contribution in [0.4, 0.5) is 4.79 Å². The molecule has 1 heterocycles. The number of likely N-dealkylation sites (tertiary alicyclic amines) is 1. The van der Waals surface area contributed by atoms with Crippen molar-refractivity contribution in [3.8, 4) is 0 Å². The molecule has 18 heavy (non-hydrogen) atoms. The second kappa shape index (κ2) is 4.90. The molecule has 2 unspecified atom stereocenters. The van der Waals surface area contributed by atoms with Crippen LogP contribution in [0.3, 0.4) is 0 Å². The Hall–Kier alpha value is -1.06. The molecule has 2 fully saturated rings. The van der Waals surface area contributed by atoms with E-state index in [1.807, 2.05) is 20.8 Å². The number of fused-ring (bicyclic) bond motifs is 1. The molecule has 1 aliphatic heterocycles. The van der Waals surface area contributed by atoms with Gasteiger partial charge in [-0.1, -0.05) is 20.8 Å². The molecule has 1 aliphatic carbocycles. The summed E-state index contributed by atoms with van der Waals surface area (Å²) in [6.07, 6.45) is 3.11. The predicted molar refractivity (Wildman–Crippen MR) is 68.3 cm³/mol. The highest BCUT2D eigenvalue weighted by Crippen LogP contribution is 2.34. The smallest absolute Gasteiger partial charge is 0.410 e. The van der Waals surface area contributed by atoms with Gasteiger partial charge in [-0.2, -0.15) is 0 Å². The summed E-state index contributed by atoms with van der Waals surface area (Å²) < 4.78 is 5.35. The number of rotatable bonds is 1. The Morgan fingerprint density at radius 3 is 2.78 bits per heavy atom. The average molecular weight is 253 g/mol. The molecule has 102 valence electrons. The van der Waals surface area contributed by atoms with Gasteiger partial charge in [0, 0.05) is 24.9 Å². The number of amides is 1. The van der Waals surface area contributed by atoms with Crippen LogP contribution in [0.2, 0.25) is 0 Å². The molecule has 0 aromatic rings. The Morgan fingerprint density at radius 1 is 1.39 bits per heavy atom. The first-order chi connectivity index (χ1) is 8.38. The van der Waals surface area contributed by atoms with Crippen LogP contribution in [0.5, 0.6) is 0 Å². The second-order valence-corrected chi connectivity index (χ2v) is 6.63. The van der Waals surface area contributed by atoms with Crippen LogP contribution in [-0.2, 0) is 9.53 Å². The van der Waals surface area contributed by atoms with E-state index in [2.05, 4.69) is 0 Å². The molecule has 2 rings (SSSR count). The number of Topliss-reactive ketones (excluding diaryl/α,β-unsaturated/α-hetero) is 1. The summed E-state index contributed by atoms with van der Waals surface area (Å²) in [4.78, 5) is 25.6. The van der Waals surface area contributed by atoms with Crippen LogP contribution in [0.15, 0.2) is 0 Å². The van der Waals surface area contributed by atoms with E-state index in [0.29, 0.717) is 25.4 Å². The Balaban J connectivity index is 1.93. The van der Waals surface area contributed by atoms with Crippen LogP contribution in [-0.4, -0.2) is 36.0 Å². The lowest BCUT2D eigenvalue weighted by atomic mass is 9.84. The number of hydrogen-bond donors (Lipinski definition) is 0. The first kappa shape index (κ1) is 13.4. The molecule has 0 aromatic carbocycles. The van der Waals surface area contributed by atoms with Crippen molar-refractivity contribution in [2.45, 2.75) is 52.5 Å². The van der Waals surface area contributed by atoms with Crippen LogP contribution in [0.1, 0.15) is 46.5 Å². The lowest BCUT2D eigenvalue weighted by Gasteiger charge is -2.31. The van der Waals surface area contributed by atoms with Gasteiger partial charge in [-0.3, -0.25) is 4.79 Å². The van der Waals surface area contributed by atoms with E-state index in [9.17, 15) is 9.59 Å². The first-order valence-electron chi connectivity index (χ1n) is 6.84. The van der Waals surface area contributed by atoms with Gasteiger partial charge in [-0.05, 0) is 24.7 Å². The minimum Gasteiger partial charge on any atom is -0.449 e. The van der Waals surface area contributed by atoms with Gasteiger partial charge in [-0.15, -0.1) is 0 Å². The van der Waals surface area contributed by atoms with Crippen molar-refractivity contribution in [1.82, 2.24) is 4.90 Å². The van der Waals surface area contributed by atoms with E-state index in [1.54, 1.807) is 4.90 Å². The number of nitrogens with zero attached hydrogens (tertiary/aromatic N) is 1. The molecular weight excluding hydrogens is 230 g/mol. The molecule has 2 atom stereocenters. The fourth-order valence-electron chi connectivity index (χ4n) is 2.84. The third kappa shape index (κ3) is 2.85.